The molecule has 1 aliphatic rings. The van der Waals surface area contributed by atoms with Gasteiger partial charge in [-0.2, -0.15) is 0 Å². The molecule has 0 aliphatic carbocycles. The highest BCUT2D eigenvalue weighted by Crippen LogP contribution is 2.36. The van der Waals surface area contributed by atoms with Crippen LogP contribution in [0.1, 0.15) is 50.5 Å². The van der Waals surface area contributed by atoms with E-state index in [0.717, 1.165) is 51.6 Å². The third kappa shape index (κ3) is 4.04. The lowest BCUT2D eigenvalue weighted by molar-refractivity contribution is -0.125. The summed E-state index contributed by atoms with van der Waals surface area (Å²) in [6.07, 6.45) is 8.88. The van der Waals surface area contributed by atoms with Crippen molar-refractivity contribution < 1.29 is 4.79 Å². The molecule has 0 unspecified atom stereocenters. The van der Waals surface area contributed by atoms with Gasteiger partial charge in [0.1, 0.15) is 5.78 Å². The maximum Gasteiger partial charge on any atom is 0.143 e. The predicted molar refractivity (Wildman–Crippen MR) is 88.5 cm³/mol. The van der Waals surface area contributed by atoms with Gasteiger partial charge in [0.2, 0.25) is 0 Å². The zero-order chi connectivity index (χ0) is 15.0. The van der Waals surface area contributed by atoms with Gasteiger partial charge in [-0.05, 0) is 50.8 Å². The van der Waals surface area contributed by atoms with E-state index in [4.69, 9.17) is 0 Å². The number of hydrogen-bond acceptors (Lipinski definition) is 2. The standard InChI is InChI=1S/C19H27NO/c1-2-3-4-5-9-12-18(21)19(13-15-20-16-14-19)17-10-7-6-8-11-17/h2,6-8,10-11,20H,1,3-5,9,12-16H2. The van der Waals surface area contributed by atoms with Gasteiger partial charge in [0.05, 0.1) is 5.41 Å². The number of hydrogen-bond donors (Lipinski definition) is 1. The van der Waals surface area contributed by atoms with Gasteiger partial charge < -0.3 is 5.32 Å². The molecule has 1 aromatic carbocycles. The van der Waals surface area contributed by atoms with E-state index >= 15 is 0 Å². The number of rotatable bonds is 8. The van der Waals surface area contributed by atoms with E-state index < -0.39 is 0 Å². The summed E-state index contributed by atoms with van der Waals surface area (Å²) < 4.78 is 0. The van der Waals surface area contributed by atoms with Gasteiger partial charge in [-0.1, -0.05) is 42.8 Å². The van der Waals surface area contributed by atoms with Crippen LogP contribution in [0.2, 0.25) is 0 Å². The fourth-order valence-corrected chi connectivity index (χ4v) is 3.33. The average Bonchev–Trinajstić information content (AvgIpc) is 2.56. The fraction of sp³-hybridized carbons (Fsp3) is 0.526. The number of ketones is 1. The molecular weight excluding hydrogens is 258 g/mol. The minimum Gasteiger partial charge on any atom is -0.317 e. The summed E-state index contributed by atoms with van der Waals surface area (Å²) in [4.78, 5) is 12.9. The number of carbonyl (C=O) groups is 1. The topological polar surface area (TPSA) is 29.1 Å². The summed E-state index contributed by atoms with van der Waals surface area (Å²) in [7, 11) is 0. The number of carbonyl (C=O) groups excluding carboxylic acids is 1. The van der Waals surface area contributed by atoms with E-state index in [9.17, 15) is 4.79 Å². The molecule has 1 N–H and O–H groups in total. The van der Waals surface area contributed by atoms with Crippen molar-refractivity contribution in [3.05, 3.63) is 48.6 Å². The fourth-order valence-electron chi connectivity index (χ4n) is 3.33. The molecular formula is C19H27NO. The van der Waals surface area contributed by atoms with Crippen molar-refractivity contribution in [2.75, 3.05) is 13.1 Å². The second-order valence-corrected chi connectivity index (χ2v) is 6.01. The van der Waals surface area contributed by atoms with Gasteiger partial charge >= 0.3 is 0 Å². The van der Waals surface area contributed by atoms with E-state index in [1.54, 1.807) is 0 Å². The first kappa shape index (κ1) is 16.0. The number of allylic oxidation sites excluding steroid dienone is 1. The second kappa shape index (κ2) is 8.14. The van der Waals surface area contributed by atoms with Crippen molar-refractivity contribution in [1.82, 2.24) is 5.32 Å². The third-order valence-electron chi connectivity index (χ3n) is 4.63. The summed E-state index contributed by atoms with van der Waals surface area (Å²) in [6.45, 7) is 5.63. The number of nitrogens with one attached hydrogen (secondary N) is 1. The van der Waals surface area contributed by atoms with Crippen molar-refractivity contribution in [1.29, 1.82) is 0 Å². The molecule has 1 aliphatic heterocycles. The van der Waals surface area contributed by atoms with Crippen LogP contribution >= 0.6 is 0 Å². The molecule has 0 amide bonds. The Labute approximate surface area is 128 Å². The molecule has 0 spiro atoms. The molecule has 0 atom stereocenters. The number of piperidine rings is 1. The van der Waals surface area contributed by atoms with Crippen LogP contribution in [0.5, 0.6) is 0 Å². The molecule has 0 bridgehead atoms. The number of benzene rings is 1. The molecule has 1 heterocycles. The molecule has 1 aromatic rings. The van der Waals surface area contributed by atoms with Crippen molar-refractivity contribution in [3.63, 3.8) is 0 Å². The highest BCUT2D eigenvalue weighted by atomic mass is 16.1. The molecule has 114 valence electrons. The molecule has 0 aromatic heterocycles. The lowest BCUT2D eigenvalue weighted by Crippen LogP contribution is -2.45. The van der Waals surface area contributed by atoms with E-state index in [1.807, 2.05) is 12.1 Å². The van der Waals surface area contributed by atoms with Crippen molar-refractivity contribution in [2.45, 2.75) is 50.4 Å². The quantitative estimate of drug-likeness (QED) is 0.577. The zero-order valence-electron chi connectivity index (χ0n) is 12.9. The van der Waals surface area contributed by atoms with Gasteiger partial charge in [0.25, 0.3) is 0 Å². The molecule has 21 heavy (non-hydrogen) atoms. The zero-order valence-corrected chi connectivity index (χ0v) is 12.9. The molecule has 2 heteroatoms. The first-order chi connectivity index (χ1) is 10.3. The van der Waals surface area contributed by atoms with Gasteiger partial charge in [-0.3, -0.25) is 4.79 Å². The largest absolute Gasteiger partial charge is 0.317 e. The molecule has 0 radical (unpaired) electrons. The van der Waals surface area contributed by atoms with Gasteiger partial charge in [0, 0.05) is 6.42 Å². The number of unbranched alkanes of at least 4 members (excludes halogenated alkanes) is 3. The SMILES string of the molecule is C=CCCCCCC(=O)C1(c2ccccc2)CCNCC1. The lowest BCUT2D eigenvalue weighted by atomic mass is 9.69. The van der Waals surface area contributed by atoms with Crippen molar-refractivity contribution in [2.24, 2.45) is 0 Å². The van der Waals surface area contributed by atoms with Crippen LogP contribution in [0.15, 0.2) is 43.0 Å². The van der Waals surface area contributed by atoms with E-state index in [-0.39, 0.29) is 5.41 Å². The van der Waals surface area contributed by atoms with Crippen LogP contribution < -0.4 is 5.32 Å². The summed E-state index contributed by atoms with van der Waals surface area (Å²) in [5.74, 6) is 0.439. The monoisotopic (exact) mass is 285 g/mol. The highest BCUT2D eigenvalue weighted by Gasteiger charge is 2.39. The van der Waals surface area contributed by atoms with E-state index in [0.29, 0.717) is 12.2 Å². The Morgan fingerprint density at radius 1 is 1.14 bits per heavy atom. The Kier molecular flexibility index (Phi) is 6.19. The molecule has 2 rings (SSSR count). The Morgan fingerprint density at radius 2 is 1.86 bits per heavy atom. The van der Waals surface area contributed by atoms with E-state index in [1.165, 1.54) is 5.56 Å². The lowest BCUT2D eigenvalue weighted by Gasteiger charge is -2.37. The second-order valence-electron chi connectivity index (χ2n) is 6.01. The Balaban J connectivity index is 2.02. The average molecular weight is 285 g/mol. The molecule has 2 nitrogen and oxygen atoms in total. The van der Waals surface area contributed by atoms with Gasteiger partial charge in [-0.25, -0.2) is 0 Å². The summed E-state index contributed by atoms with van der Waals surface area (Å²) in [5.41, 5.74) is 0.966. The highest BCUT2D eigenvalue weighted by molar-refractivity contribution is 5.90. The van der Waals surface area contributed by atoms with E-state index in [2.05, 4.69) is 36.2 Å². The van der Waals surface area contributed by atoms with Crippen LogP contribution in [-0.2, 0) is 10.2 Å². The molecule has 1 fully saturated rings. The van der Waals surface area contributed by atoms with Crippen LogP contribution in [-0.4, -0.2) is 18.9 Å². The Hall–Kier alpha value is -1.41. The van der Waals surface area contributed by atoms with Crippen molar-refractivity contribution in [3.8, 4) is 0 Å². The summed E-state index contributed by atoms with van der Waals surface area (Å²) in [6, 6.07) is 10.4. The first-order valence-electron chi connectivity index (χ1n) is 8.20. The Morgan fingerprint density at radius 3 is 2.52 bits per heavy atom. The predicted octanol–water partition coefficient (Wildman–Crippen LogP) is 4.01. The Bertz CT molecular complexity index is 446. The third-order valence-corrected chi connectivity index (χ3v) is 4.63. The molecule has 0 saturated carbocycles. The first-order valence-corrected chi connectivity index (χ1v) is 8.20. The van der Waals surface area contributed by atoms with Gasteiger partial charge in [-0.15, -0.1) is 6.58 Å². The molecule has 1 saturated heterocycles. The van der Waals surface area contributed by atoms with Crippen LogP contribution in [0.25, 0.3) is 0 Å². The van der Waals surface area contributed by atoms with Crippen LogP contribution in [0.3, 0.4) is 0 Å². The van der Waals surface area contributed by atoms with Gasteiger partial charge in [0.15, 0.2) is 0 Å². The van der Waals surface area contributed by atoms with Crippen molar-refractivity contribution >= 4 is 5.78 Å². The normalized spacial score (nSPS) is 17.3. The summed E-state index contributed by atoms with van der Waals surface area (Å²) >= 11 is 0. The maximum absolute atomic E-state index is 12.9. The summed E-state index contributed by atoms with van der Waals surface area (Å²) in [5, 5.41) is 3.38. The minimum atomic E-state index is -0.245. The van der Waals surface area contributed by atoms with Crippen LogP contribution in [0.4, 0.5) is 0 Å². The van der Waals surface area contributed by atoms with Crippen LogP contribution in [0, 0.1) is 0 Å². The number of Topliss-reactive ketones (excluding diaryl/α,β-unsaturated/α-hetero) is 1. The minimum absolute atomic E-state index is 0.245. The maximum atomic E-state index is 12.9. The smallest absolute Gasteiger partial charge is 0.143 e.